The molecular formula is C21H36N8O7. The summed E-state index contributed by atoms with van der Waals surface area (Å²) in [5, 5.41) is 26.1. The zero-order valence-electron chi connectivity index (χ0n) is 20.1. The van der Waals surface area contributed by atoms with Gasteiger partial charge in [0.1, 0.15) is 12.1 Å². The van der Waals surface area contributed by atoms with Gasteiger partial charge in [0.2, 0.25) is 23.6 Å². The predicted octanol–water partition coefficient (Wildman–Crippen LogP) is -3.41. The number of aliphatic hydroxyl groups excluding tert-OH is 1. The Bertz CT molecular complexity index is 878. The lowest BCUT2D eigenvalue weighted by atomic mass is 10.0. The van der Waals surface area contributed by atoms with Crippen LogP contribution in [0.2, 0.25) is 0 Å². The van der Waals surface area contributed by atoms with Gasteiger partial charge in [-0.15, -0.1) is 0 Å². The van der Waals surface area contributed by atoms with Crippen molar-refractivity contribution in [2.75, 3.05) is 6.54 Å². The van der Waals surface area contributed by atoms with E-state index in [4.69, 9.17) is 17.2 Å². The van der Waals surface area contributed by atoms with E-state index in [2.05, 4.69) is 25.9 Å². The van der Waals surface area contributed by atoms with Crippen LogP contribution >= 0.6 is 0 Å². The number of amides is 4. The van der Waals surface area contributed by atoms with Crippen molar-refractivity contribution < 1.29 is 34.2 Å². The monoisotopic (exact) mass is 512 g/mol. The fourth-order valence-electron chi connectivity index (χ4n) is 3.21. The first-order valence-corrected chi connectivity index (χ1v) is 11.5. The highest BCUT2D eigenvalue weighted by molar-refractivity contribution is 5.94. The number of imidazole rings is 1. The second-order valence-electron chi connectivity index (χ2n) is 8.36. The molecule has 0 aliphatic carbocycles. The molecule has 1 aromatic rings. The summed E-state index contributed by atoms with van der Waals surface area (Å²) < 4.78 is 0. The number of aromatic nitrogens is 2. The highest BCUT2D eigenvalue weighted by Gasteiger charge is 2.32. The molecule has 5 atom stereocenters. The summed E-state index contributed by atoms with van der Waals surface area (Å²) in [7, 11) is 0. The van der Waals surface area contributed by atoms with E-state index in [1.165, 1.54) is 19.4 Å². The minimum atomic E-state index is -1.63. The number of carboxylic acid groups (broad SMARTS) is 1. The molecule has 0 aliphatic heterocycles. The van der Waals surface area contributed by atoms with Gasteiger partial charge >= 0.3 is 5.97 Å². The molecule has 0 aromatic carbocycles. The molecule has 1 rings (SSSR count). The molecule has 0 radical (unpaired) electrons. The summed E-state index contributed by atoms with van der Waals surface area (Å²) in [6.45, 7) is 1.63. The van der Waals surface area contributed by atoms with Crippen LogP contribution in [0.15, 0.2) is 12.5 Å². The summed E-state index contributed by atoms with van der Waals surface area (Å²) >= 11 is 0. The lowest BCUT2D eigenvalue weighted by Crippen LogP contribution is -2.58. The minimum Gasteiger partial charge on any atom is -0.480 e. The van der Waals surface area contributed by atoms with Crippen LogP contribution < -0.4 is 33.2 Å². The molecule has 1 heterocycles. The van der Waals surface area contributed by atoms with Gasteiger partial charge in [-0.3, -0.25) is 19.2 Å². The van der Waals surface area contributed by atoms with Crippen molar-refractivity contribution in [3.05, 3.63) is 18.2 Å². The molecule has 0 fully saturated rings. The van der Waals surface area contributed by atoms with E-state index in [9.17, 15) is 34.2 Å². The molecule has 4 amide bonds. The number of aliphatic carboxylic acids is 1. The number of nitrogens with one attached hydrogen (secondary N) is 4. The number of hydrogen-bond donors (Lipinski definition) is 9. The molecule has 0 spiro atoms. The van der Waals surface area contributed by atoms with Crippen LogP contribution in [0.3, 0.4) is 0 Å². The first kappa shape index (κ1) is 30.5. The number of rotatable bonds is 17. The Morgan fingerprint density at radius 1 is 1.03 bits per heavy atom. The Morgan fingerprint density at radius 2 is 1.67 bits per heavy atom. The third-order valence-electron chi connectivity index (χ3n) is 5.28. The maximum atomic E-state index is 13.1. The number of nitrogens with two attached hydrogens (primary N) is 3. The number of hydrogen-bond acceptors (Lipinski definition) is 9. The zero-order valence-corrected chi connectivity index (χ0v) is 20.1. The number of carbonyl (C=O) groups excluding carboxylic acids is 4. The largest absolute Gasteiger partial charge is 0.480 e. The molecule has 0 aliphatic rings. The van der Waals surface area contributed by atoms with Gasteiger partial charge in [0.15, 0.2) is 6.04 Å². The van der Waals surface area contributed by atoms with Crippen LogP contribution in [0.1, 0.15) is 44.7 Å². The molecule has 202 valence electrons. The van der Waals surface area contributed by atoms with Crippen LogP contribution in [0.25, 0.3) is 0 Å². The highest BCUT2D eigenvalue weighted by atomic mass is 16.4. The number of H-pyrrole nitrogens is 1. The zero-order chi connectivity index (χ0) is 27.3. The van der Waals surface area contributed by atoms with E-state index >= 15 is 0 Å². The molecule has 0 saturated carbocycles. The van der Waals surface area contributed by atoms with E-state index in [1.54, 1.807) is 0 Å². The number of aromatic amines is 1. The van der Waals surface area contributed by atoms with E-state index in [-0.39, 0.29) is 19.3 Å². The normalized spacial score (nSPS) is 15.1. The quantitative estimate of drug-likeness (QED) is 0.0933. The summed E-state index contributed by atoms with van der Waals surface area (Å²) in [4.78, 5) is 67.7. The van der Waals surface area contributed by atoms with E-state index in [0.717, 1.165) is 0 Å². The van der Waals surface area contributed by atoms with Gasteiger partial charge in [-0.05, 0) is 32.7 Å². The lowest BCUT2D eigenvalue weighted by Gasteiger charge is -2.25. The summed E-state index contributed by atoms with van der Waals surface area (Å²) in [6, 6.07) is -5.12. The standard InChI is InChI=1S/C21H36N8O7/c1-11(30)17(21(35)36)29-20(34)15(8-12-9-25-10-26-12)28-19(33)14(5-6-16(24)31)27-18(32)13(23)4-2-3-7-22/h9-11,13-15,17,30H,2-8,22-23H2,1H3,(H2,24,31)(H,25,26)(H,27,32)(H,28,33)(H,29,34)(H,35,36). The van der Waals surface area contributed by atoms with Crippen molar-refractivity contribution in [2.24, 2.45) is 17.2 Å². The van der Waals surface area contributed by atoms with Crippen molar-refractivity contribution in [3.63, 3.8) is 0 Å². The molecule has 36 heavy (non-hydrogen) atoms. The SMILES string of the molecule is CC(O)C(NC(=O)C(Cc1cnc[nH]1)NC(=O)C(CCC(N)=O)NC(=O)C(N)CCCCN)C(=O)O. The fraction of sp³-hybridized carbons (Fsp3) is 0.619. The second kappa shape index (κ2) is 15.4. The number of aliphatic hydroxyl groups is 1. The van der Waals surface area contributed by atoms with Crippen LogP contribution in [0, 0.1) is 0 Å². The van der Waals surface area contributed by atoms with E-state index in [1.807, 2.05) is 0 Å². The first-order chi connectivity index (χ1) is 17.0. The molecule has 5 unspecified atom stereocenters. The van der Waals surface area contributed by atoms with Crippen molar-refractivity contribution in [1.29, 1.82) is 0 Å². The summed E-state index contributed by atoms with van der Waals surface area (Å²) in [6.07, 6.45) is 2.43. The third kappa shape index (κ3) is 10.8. The van der Waals surface area contributed by atoms with Crippen molar-refractivity contribution in [1.82, 2.24) is 25.9 Å². The molecule has 0 bridgehead atoms. The number of primary amides is 1. The van der Waals surface area contributed by atoms with Crippen molar-refractivity contribution in [3.8, 4) is 0 Å². The van der Waals surface area contributed by atoms with Crippen LogP contribution in [0.5, 0.6) is 0 Å². The topological polar surface area (TPSA) is 269 Å². The maximum Gasteiger partial charge on any atom is 0.328 e. The average molecular weight is 513 g/mol. The highest BCUT2D eigenvalue weighted by Crippen LogP contribution is 2.06. The molecule has 1 aromatic heterocycles. The Balaban J connectivity index is 3.04. The maximum absolute atomic E-state index is 13.1. The molecular weight excluding hydrogens is 476 g/mol. The number of carbonyl (C=O) groups is 5. The summed E-state index contributed by atoms with van der Waals surface area (Å²) in [5.74, 6) is -4.53. The number of nitrogens with zero attached hydrogens (tertiary/aromatic N) is 1. The summed E-state index contributed by atoms with van der Waals surface area (Å²) in [5.41, 5.74) is 17.0. The van der Waals surface area contributed by atoms with E-state index < -0.39 is 59.9 Å². The Morgan fingerprint density at radius 3 is 2.19 bits per heavy atom. The van der Waals surface area contributed by atoms with Gasteiger partial charge in [0.05, 0.1) is 18.5 Å². The molecule has 12 N–H and O–H groups in total. The number of carboxylic acids is 1. The minimum absolute atomic E-state index is 0.112. The van der Waals surface area contributed by atoms with Crippen LogP contribution in [-0.4, -0.2) is 86.6 Å². The van der Waals surface area contributed by atoms with Crippen molar-refractivity contribution >= 4 is 29.6 Å². The number of unbranched alkanes of at least 4 members (excludes halogenated alkanes) is 1. The fourth-order valence-corrected chi connectivity index (χ4v) is 3.21. The first-order valence-electron chi connectivity index (χ1n) is 11.5. The van der Waals surface area contributed by atoms with Gasteiger partial charge in [0, 0.05) is 24.7 Å². The average Bonchev–Trinajstić information content (AvgIpc) is 3.31. The van der Waals surface area contributed by atoms with E-state index in [0.29, 0.717) is 31.5 Å². The van der Waals surface area contributed by atoms with Crippen LogP contribution in [0.4, 0.5) is 0 Å². The second-order valence-corrected chi connectivity index (χ2v) is 8.36. The molecule has 15 nitrogen and oxygen atoms in total. The smallest absolute Gasteiger partial charge is 0.328 e. The predicted molar refractivity (Wildman–Crippen MR) is 127 cm³/mol. The Kier molecular flexibility index (Phi) is 13.1. The molecule has 0 saturated heterocycles. The van der Waals surface area contributed by atoms with Gasteiger partial charge < -0.3 is 48.3 Å². The third-order valence-corrected chi connectivity index (χ3v) is 5.28. The lowest BCUT2D eigenvalue weighted by molar-refractivity contribution is -0.145. The Labute approximate surface area is 207 Å². The van der Waals surface area contributed by atoms with Gasteiger partial charge in [-0.1, -0.05) is 6.42 Å². The Hall–Kier alpha value is -3.56. The van der Waals surface area contributed by atoms with Crippen molar-refractivity contribution in [2.45, 2.75) is 75.7 Å². The van der Waals surface area contributed by atoms with Gasteiger partial charge in [-0.2, -0.15) is 0 Å². The van der Waals surface area contributed by atoms with Gasteiger partial charge in [0.25, 0.3) is 0 Å². The van der Waals surface area contributed by atoms with Crippen LogP contribution in [-0.2, 0) is 30.4 Å². The molecule has 15 heteroatoms. The van der Waals surface area contributed by atoms with Gasteiger partial charge in [-0.25, -0.2) is 9.78 Å².